The molecule has 5 heteroatoms. The Bertz CT molecular complexity index is 665. The molecule has 2 aromatic carbocycles. The molecule has 0 aliphatic carbocycles. The van der Waals surface area contributed by atoms with Crippen LogP contribution < -0.4 is 9.62 Å². The largest absolute Gasteiger partial charge is 0.378 e. The topological polar surface area (TPSA) is 49.4 Å². The highest BCUT2D eigenvalue weighted by atomic mass is 32.2. The first-order chi connectivity index (χ1) is 9.99. The van der Waals surface area contributed by atoms with Gasteiger partial charge in [0.2, 0.25) is 10.0 Å². The van der Waals surface area contributed by atoms with E-state index in [1.54, 1.807) is 30.3 Å². The molecule has 0 aromatic heterocycles. The minimum atomic E-state index is -3.41. The lowest BCUT2D eigenvalue weighted by Crippen LogP contribution is -2.25. The Morgan fingerprint density at radius 2 is 1.57 bits per heavy atom. The van der Waals surface area contributed by atoms with E-state index >= 15 is 0 Å². The molecule has 21 heavy (non-hydrogen) atoms. The van der Waals surface area contributed by atoms with Gasteiger partial charge in [-0.1, -0.05) is 30.3 Å². The van der Waals surface area contributed by atoms with Gasteiger partial charge < -0.3 is 4.90 Å². The monoisotopic (exact) mass is 304 g/mol. The minimum Gasteiger partial charge on any atom is -0.378 e. The van der Waals surface area contributed by atoms with E-state index in [0.29, 0.717) is 17.9 Å². The molecule has 4 nitrogen and oxygen atoms in total. The molecule has 0 saturated carbocycles. The van der Waals surface area contributed by atoms with Gasteiger partial charge in [-0.2, -0.15) is 0 Å². The van der Waals surface area contributed by atoms with Gasteiger partial charge in [0.15, 0.2) is 0 Å². The Morgan fingerprint density at radius 1 is 0.952 bits per heavy atom. The second-order valence-electron chi connectivity index (χ2n) is 5.02. The third kappa shape index (κ3) is 4.31. The number of anilines is 1. The van der Waals surface area contributed by atoms with Crippen LogP contribution in [0.1, 0.15) is 5.56 Å². The third-order valence-corrected chi connectivity index (χ3v) is 4.69. The third-order valence-electron chi connectivity index (χ3n) is 3.21. The van der Waals surface area contributed by atoms with Crippen LogP contribution in [-0.2, 0) is 16.4 Å². The maximum atomic E-state index is 12.0. The fourth-order valence-electron chi connectivity index (χ4n) is 1.97. The van der Waals surface area contributed by atoms with E-state index in [1.807, 2.05) is 43.3 Å². The summed E-state index contributed by atoms with van der Waals surface area (Å²) in [6, 6.07) is 16.5. The van der Waals surface area contributed by atoms with Crippen molar-refractivity contribution in [3.8, 4) is 0 Å². The summed E-state index contributed by atoms with van der Waals surface area (Å²) in [6.07, 6.45) is 0.666. The highest BCUT2D eigenvalue weighted by Crippen LogP contribution is 2.13. The summed E-state index contributed by atoms with van der Waals surface area (Å²) in [5.74, 6) is 0. The molecule has 0 radical (unpaired) electrons. The zero-order valence-electron chi connectivity index (χ0n) is 12.3. The summed E-state index contributed by atoms with van der Waals surface area (Å²) in [6.45, 7) is 0.387. The molecule has 0 aliphatic heterocycles. The molecule has 0 bridgehead atoms. The molecular formula is C16H20N2O2S. The van der Waals surface area contributed by atoms with E-state index in [1.165, 1.54) is 0 Å². The molecule has 0 aliphatic rings. The van der Waals surface area contributed by atoms with Crippen molar-refractivity contribution in [3.63, 3.8) is 0 Å². The van der Waals surface area contributed by atoms with Crippen molar-refractivity contribution >= 4 is 15.7 Å². The predicted molar refractivity (Wildman–Crippen MR) is 86.1 cm³/mol. The highest BCUT2D eigenvalue weighted by Gasteiger charge is 2.12. The van der Waals surface area contributed by atoms with Gasteiger partial charge in [-0.25, -0.2) is 13.1 Å². The zero-order valence-corrected chi connectivity index (χ0v) is 13.1. The van der Waals surface area contributed by atoms with Crippen molar-refractivity contribution in [2.45, 2.75) is 11.3 Å². The average molecular weight is 304 g/mol. The van der Waals surface area contributed by atoms with Crippen molar-refractivity contribution in [1.82, 2.24) is 4.72 Å². The Balaban J connectivity index is 1.92. The number of rotatable bonds is 6. The first-order valence-corrected chi connectivity index (χ1v) is 8.28. The first-order valence-electron chi connectivity index (χ1n) is 6.80. The summed E-state index contributed by atoms with van der Waals surface area (Å²) in [4.78, 5) is 2.33. The molecule has 2 aromatic rings. The normalized spacial score (nSPS) is 11.3. The van der Waals surface area contributed by atoms with E-state index in [2.05, 4.69) is 4.72 Å². The SMILES string of the molecule is CN(C)c1ccc(CCNS(=O)(=O)c2ccccc2)cc1. The Labute approximate surface area is 126 Å². The van der Waals surface area contributed by atoms with E-state index in [4.69, 9.17) is 0 Å². The molecule has 0 saturated heterocycles. The van der Waals surface area contributed by atoms with Gasteiger partial charge in [-0.05, 0) is 36.2 Å². The predicted octanol–water partition coefficient (Wildman–Crippen LogP) is 2.27. The molecule has 0 atom stereocenters. The van der Waals surface area contributed by atoms with Crippen molar-refractivity contribution < 1.29 is 8.42 Å². The van der Waals surface area contributed by atoms with Gasteiger partial charge in [0, 0.05) is 26.3 Å². The van der Waals surface area contributed by atoms with Gasteiger partial charge in [0.25, 0.3) is 0 Å². The Kier molecular flexibility index (Phi) is 4.98. The van der Waals surface area contributed by atoms with Crippen LogP contribution in [0.4, 0.5) is 5.69 Å². The molecular weight excluding hydrogens is 284 g/mol. The van der Waals surface area contributed by atoms with Crippen LogP contribution in [0.5, 0.6) is 0 Å². The molecule has 0 fully saturated rings. The van der Waals surface area contributed by atoms with Gasteiger partial charge in [0.1, 0.15) is 0 Å². The molecule has 2 rings (SSSR count). The fourth-order valence-corrected chi connectivity index (χ4v) is 3.03. The second-order valence-corrected chi connectivity index (χ2v) is 6.79. The van der Waals surface area contributed by atoms with E-state index < -0.39 is 10.0 Å². The lowest BCUT2D eigenvalue weighted by atomic mass is 10.1. The standard InChI is InChI=1S/C16H20N2O2S/c1-18(2)15-10-8-14(9-11-15)12-13-17-21(19,20)16-6-4-3-5-7-16/h3-11,17H,12-13H2,1-2H3. The van der Waals surface area contributed by atoms with Gasteiger partial charge in [-0.15, -0.1) is 0 Å². The van der Waals surface area contributed by atoms with Crippen molar-refractivity contribution in [1.29, 1.82) is 0 Å². The van der Waals surface area contributed by atoms with E-state index in [0.717, 1.165) is 11.3 Å². The van der Waals surface area contributed by atoms with Crippen LogP contribution in [0.15, 0.2) is 59.5 Å². The van der Waals surface area contributed by atoms with E-state index in [9.17, 15) is 8.42 Å². The lowest BCUT2D eigenvalue weighted by Gasteiger charge is -2.12. The molecule has 112 valence electrons. The molecule has 0 spiro atoms. The van der Waals surface area contributed by atoms with Crippen LogP contribution in [0, 0.1) is 0 Å². The maximum Gasteiger partial charge on any atom is 0.240 e. The number of hydrogen-bond acceptors (Lipinski definition) is 3. The summed E-state index contributed by atoms with van der Waals surface area (Å²) in [7, 11) is 0.568. The quantitative estimate of drug-likeness (QED) is 0.890. The highest BCUT2D eigenvalue weighted by molar-refractivity contribution is 7.89. The van der Waals surface area contributed by atoms with Crippen molar-refractivity contribution in [3.05, 3.63) is 60.2 Å². The maximum absolute atomic E-state index is 12.0. The molecule has 0 heterocycles. The average Bonchev–Trinajstić information content (AvgIpc) is 2.48. The van der Waals surface area contributed by atoms with Crippen molar-refractivity contribution in [2.24, 2.45) is 0 Å². The van der Waals surface area contributed by atoms with Gasteiger partial charge >= 0.3 is 0 Å². The van der Waals surface area contributed by atoms with Gasteiger partial charge in [0.05, 0.1) is 4.90 Å². The Hall–Kier alpha value is -1.85. The van der Waals surface area contributed by atoms with E-state index in [-0.39, 0.29) is 0 Å². The van der Waals surface area contributed by atoms with Crippen LogP contribution in [0.2, 0.25) is 0 Å². The Morgan fingerprint density at radius 3 is 2.14 bits per heavy atom. The molecule has 0 amide bonds. The summed E-state index contributed by atoms with van der Waals surface area (Å²) in [5.41, 5.74) is 2.24. The summed E-state index contributed by atoms with van der Waals surface area (Å²) >= 11 is 0. The van der Waals surface area contributed by atoms with Crippen LogP contribution in [0.3, 0.4) is 0 Å². The number of nitrogens with zero attached hydrogens (tertiary/aromatic N) is 1. The van der Waals surface area contributed by atoms with Crippen LogP contribution in [-0.4, -0.2) is 29.1 Å². The van der Waals surface area contributed by atoms with Gasteiger partial charge in [-0.3, -0.25) is 0 Å². The van der Waals surface area contributed by atoms with Crippen LogP contribution >= 0.6 is 0 Å². The minimum absolute atomic E-state index is 0.299. The molecule has 0 unspecified atom stereocenters. The first kappa shape index (κ1) is 15.5. The fraction of sp³-hybridized carbons (Fsp3) is 0.250. The number of benzene rings is 2. The van der Waals surface area contributed by atoms with Crippen molar-refractivity contribution in [2.75, 3.05) is 25.5 Å². The number of nitrogens with one attached hydrogen (secondary N) is 1. The number of hydrogen-bond donors (Lipinski definition) is 1. The summed E-state index contributed by atoms with van der Waals surface area (Å²) < 4.78 is 26.7. The lowest BCUT2D eigenvalue weighted by molar-refractivity contribution is 0.581. The smallest absolute Gasteiger partial charge is 0.240 e. The molecule has 1 N–H and O–H groups in total. The number of sulfonamides is 1. The zero-order chi connectivity index (χ0) is 15.3. The second kappa shape index (κ2) is 6.74. The summed E-state index contributed by atoms with van der Waals surface area (Å²) in [5, 5.41) is 0. The van der Waals surface area contributed by atoms with Crippen LogP contribution in [0.25, 0.3) is 0 Å².